The maximum Gasteiger partial charge on any atom is 0.373 e. The molecule has 2 amide bonds. The number of nitrogen functional groups attached to an aromatic ring is 2. The molecular weight excluding hydrogens is 1800 g/mol. The number of aromatic nitrogens is 3. The number of halogens is 1. The van der Waals surface area contributed by atoms with Crippen LogP contribution in [0, 0.1) is 0 Å². The minimum Gasteiger partial charge on any atom is -0.478 e. The SMILES string of the molecule is CC(C)N.CC(C)NC(=O)c1csc(C2(c3ccc(C(=O)O)cc3)CC2)n1.CO.COC(=O)c1ccc(C2(C(N)=S)CC2)cc1.COC(=O)c1ccc(C2(C3=NC(O)(C(=O)O)CS3)CC2)cc1.COC(=O)c1ccc(C2(c3nc(C(=O)NC(C)C)cs3)CC2)cc1.COC(=O)c1ccc(C2(c3nc(C(=O)O)cs3)CC2)cc1.Nc1ccccc1N.O=C(O)C(=O)CBr. The standard InChI is InChI=1S/C18H20N2O3S.C17H18N2O3S.C15H15NO5S.C15H13NO4S.C12H13NO2S.C6H8N2.C3H3BrO3.C3H9N.CH4O/c1-11(2)19-15(21)14-10-24-17(20-14)18(8-9-18)13-6-4-12(5-7-13)16(22)23-3;1-10(2)18-14(20)13-9-23-16(19-13)17(7-8-17)12-5-3-11(4-6-12)15(21)22;1-21-11(17)9-2-4-10(5-3-9)14(6-7-14)12-16-15(20,8-22-12)13(18)19;1-20-13(19)9-2-4-10(5-3-9)15(6-7-15)14-16-11(8-21-14)12(17)18;1-15-10(14)8-2-4-9(5-3-8)12(6-7-12)11(13)16;7-5-3-1-2-4-6(5)8;4-1-2(5)3(6)7;1-3(2)4;1-2/h4-7,10-11H,8-9H2,1-3H3,(H,19,21);3-6,9-10H,7-8H2,1-2H3,(H,18,20)(H,21,22);2-5,20H,6-8H2,1H3,(H,18,19);2-5,8H,6-7H2,1H3,(H,17,18);2-5H,6-7H2,1H3,(H2,13,16);1-4H,7-8H2;1H2,(H,6,7);3H,4H2,1-2H3;2H,1H3. The summed E-state index contributed by atoms with van der Waals surface area (Å²) in [4.78, 5) is 140. The Labute approximate surface area is 764 Å². The lowest BCUT2D eigenvalue weighted by molar-refractivity contribution is -0.154. The Morgan fingerprint density at radius 3 is 0.969 bits per heavy atom. The lowest BCUT2D eigenvalue weighted by Gasteiger charge is -2.15. The monoisotopic (exact) mass is 1900 g/mol. The van der Waals surface area contributed by atoms with Crippen LogP contribution in [-0.4, -0.2) is 191 Å². The molecule has 5 aliphatic carbocycles. The van der Waals surface area contributed by atoms with Gasteiger partial charge in [-0.05, 0) is 199 Å². The normalized spacial score (nSPS) is 16.1. The van der Waals surface area contributed by atoms with E-state index < -0.39 is 41.4 Å². The number of thioether (sulfide) groups is 1. The highest BCUT2D eigenvalue weighted by molar-refractivity contribution is 9.09. The van der Waals surface area contributed by atoms with E-state index in [1.165, 1.54) is 74.2 Å². The maximum absolute atomic E-state index is 12.1. The summed E-state index contributed by atoms with van der Waals surface area (Å²) >= 11 is 13.4. The predicted octanol–water partition coefficient (Wildman–Crippen LogP) is 13.0. The quantitative estimate of drug-likeness (QED) is 0.00706. The number of aliphatic carboxylic acids is 2. The fraction of sp³-hybridized carbons (Fsp3) is 0.356. The number of nitrogens with zero attached hydrogens (tertiary/aromatic N) is 4. The Bertz CT molecular complexity index is 5390. The number of carboxylic acid groups (broad SMARTS) is 4. The van der Waals surface area contributed by atoms with E-state index in [4.69, 9.17) is 65.4 Å². The van der Waals surface area contributed by atoms with E-state index >= 15 is 0 Å². The highest BCUT2D eigenvalue weighted by Gasteiger charge is 2.55. The maximum atomic E-state index is 12.1. The van der Waals surface area contributed by atoms with Gasteiger partial charge in [0.1, 0.15) is 26.4 Å². The number of carbonyl (C=O) groups is 11. The van der Waals surface area contributed by atoms with Crippen molar-refractivity contribution in [2.75, 3.05) is 58.1 Å². The number of nitrogens with two attached hydrogens (primary N) is 4. The van der Waals surface area contributed by atoms with Gasteiger partial charge in [0.2, 0.25) is 5.78 Å². The third-order valence-electron chi connectivity index (χ3n) is 20.4. The Hall–Kier alpha value is -11.6. The number of aliphatic hydroxyl groups excluding tert-OH is 1. The first-order valence-corrected chi connectivity index (χ1v) is 44.8. The number of carboxylic acids is 4. The van der Waals surface area contributed by atoms with Crippen molar-refractivity contribution < 1.29 is 102 Å². The molecule has 4 heterocycles. The zero-order valence-corrected chi connectivity index (χ0v) is 77.3. The van der Waals surface area contributed by atoms with E-state index in [1.807, 2.05) is 120 Å². The molecule has 5 saturated carbocycles. The van der Waals surface area contributed by atoms with Gasteiger partial charge in [0, 0.05) is 62.4 Å². The number of rotatable bonds is 23. The number of nitrogens with one attached hydrogen (secondary N) is 2. The van der Waals surface area contributed by atoms with Gasteiger partial charge in [0.15, 0.2) is 5.69 Å². The molecule has 0 spiro atoms. The Balaban J connectivity index is 0.000000206. The highest BCUT2D eigenvalue weighted by Crippen LogP contribution is 2.58. The fourth-order valence-corrected chi connectivity index (χ4v) is 17.8. The Morgan fingerprint density at radius 2 is 0.748 bits per heavy atom. The summed E-state index contributed by atoms with van der Waals surface area (Å²) in [7, 11) is 6.42. The number of esters is 4. The first-order valence-electron chi connectivity index (χ1n) is 39.6. The van der Waals surface area contributed by atoms with Gasteiger partial charge in [-0.15, -0.1) is 45.8 Å². The number of para-hydroxylation sites is 2. The van der Waals surface area contributed by atoms with E-state index in [9.17, 15) is 57.8 Å². The molecule has 0 saturated heterocycles. The molecule has 6 aliphatic rings. The van der Waals surface area contributed by atoms with Crippen molar-refractivity contribution in [3.63, 3.8) is 0 Å². The van der Waals surface area contributed by atoms with Crippen molar-refractivity contribution in [1.82, 2.24) is 25.6 Å². The minimum absolute atomic E-state index is 0.0274. The molecule has 5 fully saturated rings. The average molecular weight is 1900 g/mol. The van der Waals surface area contributed by atoms with Crippen LogP contribution in [0.4, 0.5) is 11.4 Å². The van der Waals surface area contributed by atoms with E-state index in [-0.39, 0.29) is 91.2 Å². The lowest BCUT2D eigenvalue weighted by Crippen LogP contribution is -2.36. The van der Waals surface area contributed by atoms with Crippen molar-refractivity contribution in [3.05, 3.63) is 249 Å². The molecule has 3 aromatic heterocycles. The van der Waals surface area contributed by atoms with Gasteiger partial charge in [0.25, 0.3) is 17.5 Å². The van der Waals surface area contributed by atoms with Gasteiger partial charge in [-0.1, -0.05) is 115 Å². The van der Waals surface area contributed by atoms with Crippen LogP contribution in [-0.2, 0) is 60.4 Å². The number of hydrogen-bond donors (Lipinski definition) is 12. The number of Topliss-reactive ketones (excluding diaryl/α,β-unsaturated/α-hetero) is 1. The fourth-order valence-electron chi connectivity index (χ4n) is 12.7. The zero-order valence-electron chi connectivity index (χ0n) is 71.6. The summed E-state index contributed by atoms with van der Waals surface area (Å²) in [5.41, 5.74) is 28.6. The van der Waals surface area contributed by atoms with E-state index in [2.05, 4.69) is 60.7 Å². The smallest absolute Gasteiger partial charge is 0.373 e. The number of aliphatic hydroxyl groups is 2. The van der Waals surface area contributed by atoms with Crippen LogP contribution in [0.5, 0.6) is 0 Å². The van der Waals surface area contributed by atoms with Crippen LogP contribution in [0.1, 0.15) is 232 Å². The number of aliphatic imine (C=N–C) groups is 1. The second-order valence-corrected chi connectivity index (χ2v) is 35.2. The summed E-state index contributed by atoms with van der Waals surface area (Å²) < 4.78 is 18.7. The number of benzene rings is 6. The molecular formula is C90H103BrN10O21S5. The van der Waals surface area contributed by atoms with E-state index in [0.717, 1.165) is 114 Å². The lowest BCUT2D eigenvalue weighted by atomic mass is 9.95. The van der Waals surface area contributed by atoms with Crippen LogP contribution < -0.4 is 33.6 Å². The van der Waals surface area contributed by atoms with Crippen LogP contribution in [0.3, 0.4) is 0 Å². The van der Waals surface area contributed by atoms with Gasteiger partial charge in [-0.2, -0.15) is 0 Å². The summed E-state index contributed by atoms with van der Waals surface area (Å²) in [6, 6.07) is 43.7. The van der Waals surface area contributed by atoms with Gasteiger partial charge in [-0.25, -0.2) is 58.3 Å². The summed E-state index contributed by atoms with van der Waals surface area (Å²) in [5, 5.41) is 65.9. The topological polar surface area (TPSA) is 525 Å². The summed E-state index contributed by atoms with van der Waals surface area (Å²) in [6.45, 7) is 11.6. The zero-order chi connectivity index (χ0) is 94.1. The largest absolute Gasteiger partial charge is 0.478 e. The molecule has 9 aromatic rings. The molecule has 0 bridgehead atoms. The third kappa shape index (κ3) is 26.8. The Kier molecular flexibility index (Phi) is 36.9. The number of amides is 2. The number of carbonyl (C=O) groups excluding carboxylic acids is 7. The average Bonchev–Trinajstić information content (AvgIpc) is 1.55. The van der Waals surface area contributed by atoms with Crippen LogP contribution >= 0.6 is 73.9 Å². The number of anilines is 2. The number of aromatic carboxylic acids is 2. The number of alkyl halides is 1. The molecule has 676 valence electrons. The highest BCUT2D eigenvalue weighted by atomic mass is 79.9. The number of methoxy groups -OCH3 is 4. The van der Waals surface area contributed by atoms with Crippen molar-refractivity contribution in [3.8, 4) is 0 Å². The molecule has 31 nitrogen and oxygen atoms in total. The second-order valence-electron chi connectivity index (χ2n) is 30.7. The summed E-state index contributed by atoms with van der Waals surface area (Å²) in [6.07, 6.45) is 9.54. The van der Waals surface area contributed by atoms with Crippen molar-refractivity contribution in [2.24, 2.45) is 16.5 Å². The van der Waals surface area contributed by atoms with E-state index in [0.29, 0.717) is 61.1 Å². The van der Waals surface area contributed by atoms with Gasteiger partial charge in [-0.3, -0.25) is 14.4 Å². The number of ether oxygens (including phenoxy) is 4. The number of thiocarbonyl (C=S) groups is 1. The first kappa shape index (κ1) is 103. The third-order valence-corrected chi connectivity index (χ3v) is 25.8. The molecule has 6 aromatic carbocycles. The van der Waals surface area contributed by atoms with E-state index in [1.54, 1.807) is 83.6 Å². The van der Waals surface area contributed by atoms with Gasteiger partial charge in [0.05, 0.1) is 88.7 Å². The molecule has 16 N–H and O–H groups in total. The number of thiazole rings is 3. The van der Waals surface area contributed by atoms with Crippen LogP contribution in [0.25, 0.3) is 0 Å². The molecule has 127 heavy (non-hydrogen) atoms. The first-order chi connectivity index (χ1) is 60.2. The van der Waals surface area contributed by atoms with Crippen LogP contribution in [0.15, 0.2) is 167 Å². The molecule has 15 rings (SSSR count). The number of hydrogen-bond acceptors (Lipinski definition) is 29. The molecule has 0 radical (unpaired) electrons. The molecule has 1 atom stereocenters. The predicted molar refractivity (Wildman–Crippen MR) is 493 cm³/mol. The molecule has 37 heteroatoms. The van der Waals surface area contributed by atoms with Gasteiger partial charge >= 0.3 is 47.8 Å². The second kappa shape index (κ2) is 45.7. The molecule has 1 unspecified atom stereocenters. The molecule has 1 aliphatic heterocycles. The van der Waals surface area contributed by atoms with Crippen molar-refractivity contribution >= 4 is 161 Å². The van der Waals surface area contributed by atoms with Crippen molar-refractivity contribution in [1.29, 1.82) is 0 Å². The van der Waals surface area contributed by atoms with Crippen molar-refractivity contribution in [2.45, 2.75) is 157 Å². The van der Waals surface area contributed by atoms with Gasteiger partial charge < -0.3 is 83.2 Å². The Morgan fingerprint density at radius 1 is 0.457 bits per heavy atom. The van der Waals surface area contributed by atoms with Crippen LogP contribution in [0.2, 0.25) is 0 Å². The number of ketones is 1. The summed E-state index contributed by atoms with van der Waals surface area (Å²) in [5.74, 6) is -7.16. The minimum atomic E-state index is -2.03.